The number of aromatic nitrogens is 2. The Hall–Kier alpha value is -1.50. The fraction of sp³-hybridized carbons (Fsp3) is 0.812. The molecule has 2 fully saturated rings. The van der Waals surface area contributed by atoms with Crippen molar-refractivity contribution in [3.63, 3.8) is 0 Å². The third kappa shape index (κ3) is 3.88. The zero-order valence-electron chi connectivity index (χ0n) is 13.8. The number of amides is 1. The molecule has 1 unspecified atom stereocenters. The smallest absolute Gasteiger partial charge is 0.266 e. The van der Waals surface area contributed by atoms with Gasteiger partial charge < -0.3 is 9.42 Å². The molecule has 1 amide bonds. The normalized spacial score (nSPS) is 27.0. The van der Waals surface area contributed by atoms with Gasteiger partial charge in [-0.3, -0.25) is 9.69 Å². The number of alkyl halides is 1. The van der Waals surface area contributed by atoms with Crippen LogP contribution in [0.1, 0.15) is 50.2 Å². The summed E-state index contributed by atoms with van der Waals surface area (Å²) in [4.78, 5) is 20.4. The number of aryl methyl sites for hydroxylation is 1. The van der Waals surface area contributed by atoms with Crippen LogP contribution in [0.25, 0.3) is 0 Å². The Morgan fingerprint density at radius 2 is 1.96 bits per heavy atom. The third-order valence-corrected chi connectivity index (χ3v) is 4.76. The molecule has 0 radical (unpaired) electrons. The molecule has 7 heteroatoms. The lowest BCUT2D eigenvalue weighted by Gasteiger charge is -2.36. The maximum absolute atomic E-state index is 15.2. The lowest BCUT2D eigenvalue weighted by Crippen LogP contribution is -2.49. The Bertz CT molecular complexity index is 542. The molecule has 23 heavy (non-hydrogen) atoms. The van der Waals surface area contributed by atoms with Crippen molar-refractivity contribution in [3.05, 3.63) is 11.7 Å². The van der Waals surface area contributed by atoms with E-state index in [1.54, 1.807) is 11.8 Å². The van der Waals surface area contributed by atoms with Crippen molar-refractivity contribution in [3.8, 4) is 0 Å². The minimum absolute atomic E-state index is 0.00210. The topological polar surface area (TPSA) is 62.5 Å². The lowest BCUT2D eigenvalue weighted by atomic mass is 9.94. The molecular weight excluding hydrogens is 299 g/mol. The number of nitrogens with zero attached hydrogens (tertiary/aromatic N) is 4. The van der Waals surface area contributed by atoms with Gasteiger partial charge in [0.1, 0.15) is 0 Å². The molecule has 128 valence electrons. The van der Waals surface area contributed by atoms with Gasteiger partial charge in [-0.2, -0.15) is 4.98 Å². The van der Waals surface area contributed by atoms with E-state index in [2.05, 4.69) is 15.0 Å². The average Bonchev–Trinajstić information content (AvgIpc) is 2.82. The summed E-state index contributed by atoms with van der Waals surface area (Å²) in [7, 11) is 0. The van der Waals surface area contributed by atoms with Gasteiger partial charge in [0.15, 0.2) is 5.82 Å². The third-order valence-electron chi connectivity index (χ3n) is 4.76. The average molecular weight is 324 g/mol. The minimum atomic E-state index is -1.71. The van der Waals surface area contributed by atoms with Crippen molar-refractivity contribution in [2.75, 3.05) is 32.7 Å². The second kappa shape index (κ2) is 6.95. The van der Waals surface area contributed by atoms with E-state index in [-0.39, 0.29) is 18.3 Å². The largest absolute Gasteiger partial charge is 0.338 e. The second-order valence-electron chi connectivity index (χ2n) is 6.72. The highest BCUT2D eigenvalue weighted by Crippen LogP contribution is 2.34. The molecule has 0 aromatic carbocycles. The number of hydrogen-bond acceptors (Lipinski definition) is 5. The van der Waals surface area contributed by atoms with Gasteiger partial charge in [0.25, 0.3) is 5.89 Å². The lowest BCUT2D eigenvalue weighted by molar-refractivity contribution is -0.137. The van der Waals surface area contributed by atoms with Gasteiger partial charge in [-0.1, -0.05) is 18.0 Å². The summed E-state index contributed by atoms with van der Waals surface area (Å²) < 4.78 is 20.2. The van der Waals surface area contributed by atoms with Crippen molar-refractivity contribution in [1.29, 1.82) is 0 Å². The summed E-state index contributed by atoms with van der Waals surface area (Å²) in [6.07, 6.45) is 5.69. The summed E-state index contributed by atoms with van der Waals surface area (Å²) in [6.45, 7) is 4.60. The van der Waals surface area contributed by atoms with E-state index in [1.807, 2.05) is 0 Å². The molecule has 1 aromatic heterocycles. The number of halogens is 1. The summed E-state index contributed by atoms with van der Waals surface area (Å²) in [5.74, 6) is 0.428. The molecule has 0 N–H and O–H groups in total. The molecule has 3 rings (SSSR count). The fourth-order valence-corrected chi connectivity index (χ4v) is 3.46. The van der Waals surface area contributed by atoms with E-state index in [4.69, 9.17) is 4.52 Å². The summed E-state index contributed by atoms with van der Waals surface area (Å²) in [6, 6.07) is 0. The van der Waals surface area contributed by atoms with Crippen molar-refractivity contribution < 1.29 is 13.7 Å². The van der Waals surface area contributed by atoms with E-state index < -0.39 is 5.67 Å². The Labute approximate surface area is 136 Å². The SMILES string of the molecule is Cc1noc(C2(F)CCCN(C(=O)CN3CCCCCC3)C2)n1. The van der Waals surface area contributed by atoms with E-state index in [1.165, 1.54) is 12.8 Å². The Balaban J connectivity index is 1.62. The van der Waals surface area contributed by atoms with E-state index >= 15 is 4.39 Å². The number of piperidine rings is 1. The van der Waals surface area contributed by atoms with Crippen LogP contribution < -0.4 is 0 Å². The maximum atomic E-state index is 15.2. The predicted octanol–water partition coefficient (Wildman–Crippen LogP) is 2.04. The number of carbonyl (C=O) groups excluding carboxylic acids is 1. The second-order valence-corrected chi connectivity index (χ2v) is 6.72. The molecule has 0 aliphatic carbocycles. The molecular formula is C16H25FN4O2. The standard InChI is InChI=1S/C16H25FN4O2/c1-13-18-15(23-19-13)16(17)7-6-10-21(12-16)14(22)11-20-8-4-2-3-5-9-20/h2-12H2,1H3. The van der Waals surface area contributed by atoms with Gasteiger partial charge in [-0.05, 0) is 45.7 Å². The molecule has 1 atom stereocenters. The first-order valence-corrected chi connectivity index (χ1v) is 8.57. The van der Waals surface area contributed by atoms with E-state index in [9.17, 15) is 4.79 Å². The first kappa shape index (κ1) is 16.4. The summed E-state index contributed by atoms with van der Waals surface area (Å²) in [5, 5.41) is 3.67. The molecule has 1 aromatic rings. The summed E-state index contributed by atoms with van der Waals surface area (Å²) in [5.41, 5.74) is -1.71. The quantitative estimate of drug-likeness (QED) is 0.851. The molecule has 0 bridgehead atoms. The van der Waals surface area contributed by atoms with Gasteiger partial charge in [0.2, 0.25) is 11.6 Å². The van der Waals surface area contributed by atoms with Crippen molar-refractivity contribution in [1.82, 2.24) is 19.9 Å². The van der Waals surface area contributed by atoms with Crippen LogP contribution in [0.2, 0.25) is 0 Å². The number of carbonyl (C=O) groups is 1. The van der Waals surface area contributed by atoms with Crippen LogP contribution in [-0.2, 0) is 10.5 Å². The Morgan fingerprint density at radius 1 is 1.22 bits per heavy atom. The minimum Gasteiger partial charge on any atom is -0.338 e. The molecule has 2 aliphatic rings. The number of hydrogen-bond donors (Lipinski definition) is 0. The molecule has 3 heterocycles. The first-order valence-electron chi connectivity index (χ1n) is 8.57. The highest BCUT2D eigenvalue weighted by molar-refractivity contribution is 5.78. The molecule has 2 aliphatic heterocycles. The number of rotatable bonds is 3. The molecule has 2 saturated heterocycles. The van der Waals surface area contributed by atoms with Crippen molar-refractivity contribution in [2.24, 2.45) is 0 Å². The highest BCUT2D eigenvalue weighted by atomic mass is 19.1. The zero-order chi connectivity index (χ0) is 16.3. The maximum Gasteiger partial charge on any atom is 0.266 e. The van der Waals surface area contributed by atoms with Gasteiger partial charge in [-0.25, -0.2) is 4.39 Å². The Kier molecular flexibility index (Phi) is 4.94. The van der Waals surface area contributed by atoms with Crippen molar-refractivity contribution in [2.45, 2.75) is 51.1 Å². The van der Waals surface area contributed by atoms with E-state index in [0.717, 1.165) is 25.9 Å². The molecule has 0 saturated carbocycles. The monoisotopic (exact) mass is 324 g/mol. The van der Waals surface area contributed by atoms with Gasteiger partial charge >= 0.3 is 0 Å². The summed E-state index contributed by atoms with van der Waals surface area (Å²) >= 11 is 0. The first-order chi connectivity index (χ1) is 11.1. The van der Waals surface area contributed by atoms with E-state index in [0.29, 0.717) is 31.8 Å². The van der Waals surface area contributed by atoms with Gasteiger partial charge in [0, 0.05) is 6.54 Å². The van der Waals surface area contributed by atoms with Crippen molar-refractivity contribution >= 4 is 5.91 Å². The highest BCUT2D eigenvalue weighted by Gasteiger charge is 2.43. The van der Waals surface area contributed by atoms with Crippen LogP contribution in [0.3, 0.4) is 0 Å². The number of likely N-dealkylation sites (tertiary alicyclic amines) is 2. The fourth-order valence-electron chi connectivity index (χ4n) is 3.46. The van der Waals surface area contributed by atoms with Crippen LogP contribution in [0.15, 0.2) is 4.52 Å². The van der Waals surface area contributed by atoms with Crippen LogP contribution >= 0.6 is 0 Å². The van der Waals surface area contributed by atoms with Crippen LogP contribution in [0, 0.1) is 6.92 Å². The van der Waals surface area contributed by atoms with Gasteiger partial charge in [-0.15, -0.1) is 0 Å². The zero-order valence-corrected chi connectivity index (χ0v) is 13.8. The Morgan fingerprint density at radius 3 is 2.61 bits per heavy atom. The molecule has 0 spiro atoms. The predicted molar refractivity (Wildman–Crippen MR) is 82.5 cm³/mol. The van der Waals surface area contributed by atoms with Crippen LogP contribution in [0.5, 0.6) is 0 Å². The van der Waals surface area contributed by atoms with Crippen LogP contribution in [0.4, 0.5) is 4.39 Å². The van der Waals surface area contributed by atoms with Crippen LogP contribution in [-0.4, -0.2) is 58.6 Å². The van der Waals surface area contributed by atoms with Gasteiger partial charge in [0.05, 0.1) is 13.1 Å². The molecule has 6 nitrogen and oxygen atoms in total.